The first-order valence-electron chi connectivity index (χ1n) is 22.2. The lowest BCUT2D eigenvalue weighted by atomic mass is 9.33. The highest BCUT2D eigenvalue weighted by Crippen LogP contribution is 2.77. The average Bonchev–Trinajstić information content (AvgIpc) is 3.65. The van der Waals surface area contributed by atoms with Crippen molar-refractivity contribution in [3.8, 4) is 11.6 Å². The number of carbonyl (C=O) groups excluding carboxylic acids is 2. The Kier molecular flexibility index (Phi) is 10.8. The van der Waals surface area contributed by atoms with Crippen LogP contribution in [0.1, 0.15) is 132 Å². The van der Waals surface area contributed by atoms with Crippen molar-refractivity contribution in [3.63, 3.8) is 0 Å². The summed E-state index contributed by atoms with van der Waals surface area (Å²) in [6.07, 6.45) is 9.23. The van der Waals surface area contributed by atoms with Gasteiger partial charge in [-0.25, -0.2) is 4.98 Å². The molecule has 5 aliphatic carbocycles. The molecule has 0 bridgehead atoms. The minimum Gasteiger partial charge on any atom is -0.495 e. The van der Waals surface area contributed by atoms with Crippen LogP contribution < -0.4 is 10.3 Å². The number of ketones is 1. The van der Waals surface area contributed by atoms with Crippen LogP contribution in [0.25, 0.3) is 5.82 Å². The van der Waals surface area contributed by atoms with Gasteiger partial charge in [0.2, 0.25) is 0 Å². The number of fused-ring (bicyclic) bond motifs is 7. The van der Waals surface area contributed by atoms with Gasteiger partial charge in [-0.2, -0.15) is 4.68 Å². The van der Waals surface area contributed by atoms with Crippen molar-refractivity contribution < 1.29 is 29.0 Å². The van der Waals surface area contributed by atoms with Gasteiger partial charge in [0, 0.05) is 29.9 Å². The van der Waals surface area contributed by atoms with E-state index in [0.29, 0.717) is 36.4 Å². The summed E-state index contributed by atoms with van der Waals surface area (Å²) in [5.74, 6) is 1.00. The highest BCUT2D eigenvalue weighted by Gasteiger charge is 2.70. The van der Waals surface area contributed by atoms with E-state index < -0.39 is 22.8 Å². The summed E-state index contributed by atoms with van der Waals surface area (Å²) in [6, 6.07) is 5.48. The lowest BCUT2D eigenvalue weighted by molar-refractivity contribution is -0.232. The molecule has 0 amide bonds. The molecule has 5 aliphatic rings. The van der Waals surface area contributed by atoms with Crippen LogP contribution in [0.4, 0.5) is 0 Å². The molecule has 2 heterocycles. The first-order valence-corrected chi connectivity index (χ1v) is 22.2. The number of likely N-dealkylation sites (N-methyl/N-ethyl adjacent to an activating group) is 1. The van der Waals surface area contributed by atoms with Crippen LogP contribution in [-0.2, 0) is 31.1 Å². The Bertz CT molecular complexity index is 2090. The zero-order chi connectivity index (χ0) is 43.2. The second-order valence-electron chi connectivity index (χ2n) is 21.6. The number of aliphatic carboxylic acids is 1. The number of hydrogen-bond acceptors (Lipinski definition) is 8. The van der Waals surface area contributed by atoms with Gasteiger partial charge >= 0.3 is 11.9 Å². The van der Waals surface area contributed by atoms with Crippen molar-refractivity contribution in [1.29, 1.82) is 0 Å². The number of nitrogens with zero attached hydrogens (tertiary/aromatic N) is 4. The van der Waals surface area contributed by atoms with E-state index >= 15 is 0 Å². The zero-order valence-electron chi connectivity index (χ0n) is 37.9. The van der Waals surface area contributed by atoms with Crippen molar-refractivity contribution in [2.24, 2.45) is 50.7 Å². The number of aromatic nitrogens is 3. The molecule has 11 heteroatoms. The average molecular weight is 815 g/mol. The molecular formula is C48H70N4O7. The predicted octanol–water partition coefficient (Wildman–Crippen LogP) is 8.25. The van der Waals surface area contributed by atoms with Crippen molar-refractivity contribution in [2.75, 3.05) is 27.7 Å². The van der Waals surface area contributed by atoms with E-state index in [2.05, 4.69) is 63.0 Å². The minimum absolute atomic E-state index is 0.00267. The fourth-order valence-electron chi connectivity index (χ4n) is 14.0. The van der Waals surface area contributed by atoms with Gasteiger partial charge < -0.3 is 19.5 Å². The number of carboxylic acids is 1. The summed E-state index contributed by atoms with van der Waals surface area (Å²) >= 11 is 0. The Morgan fingerprint density at radius 2 is 1.68 bits per heavy atom. The van der Waals surface area contributed by atoms with Crippen LogP contribution in [0.3, 0.4) is 0 Å². The van der Waals surface area contributed by atoms with E-state index in [9.17, 15) is 24.3 Å². The second kappa shape index (κ2) is 14.7. The van der Waals surface area contributed by atoms with Crippen LogP contribution in [0.2, 0.25) is 0 Å². The smallest absolute Gasteiger partial charge is 0.309 e. The van der Waals surface area contributed by atoms with Gasteiger partial charge in [-0.1, -0.05) is 48.5 Å². The number of Topliss-reactive ketones (excluding diaryl/α,β-unsaturated/α-hetero) is 1. The van der Waals surface area contributed by atoms with Crippen molar-refractivity contribution in [2.45, 2.75) is 145 Å². The minimum atomic E-state index is -1.18. The first-order chi connectivity index (χ1) is 27.5. The number of pyridine rings is 1. The van der Waals surface area contributed by atoms with Crippen LogP contribution >= 0.6 is 0 Å². The summed E-state index contributed by atoms with van der Waals surface area (Å²) in [5, 5.41) is 9.67. The summed E-state index contributed by atoms with van der Waals surface area (Å²) in [7, 11) is 5.69. The Labute approximate surface area is 351 Å². The molecule has 0 radical (unpaired) electrons. The second-order valence-corrected chi connectivity index (χ2v) is 21.6. The van der Waals surface area contributed by atoms with Crippen LogP contribution in [0, 0.1) is 50.7 Å². The standard InChI is InChI=1S/C48H70N4O7/c1-29(2)40-32(53)26-48(35-25-38(54)52(51(35)24-23-50(10)11)37-16-13-30(58-12)28-49-37)22-21-46(8)31(41(40)48)14-15-34-45(7)19-18-36(59-39(55)27-43(3,4)42(56)57)44(5,6)33(45)17-20-47(34,46)9/h13,16,25,28-29,31,33-34,36H,14-15,17-24,26-27H2,1-12H3,(H,56,57)/t31-,33+,34-,36+,45+,46-,47-,48+/m1/s1. The molecule has 0 saturated heterocycles. The third-order valence-corrected chi connectivity index (χ3v) is 17.2. The Balaban J connectivity index is 1.27. The van der Waals surface area contributed by atoms with Crippen LogP contribution in [-0.4, -0.2) is 75.9 Å². The Hall–Kier alpha value is -3.73. The summed E-state index contributed by atoms with van der Waals surface area (Å²) in [4.78, 5) is 60.7. The van der Waals surface area contributed by atoms with Gasteiger partial charge in [0.1, 0.15) is 11.9 Å². The van der Waals surface area contributed by atoms with Gasteiger partial charge in [-0.15, -0.1) is 0 Å². The first kappa shape index (κ1) is 43.4. The lowest BCUT2D eigenvalue weighted by Crippen LogP contribution is -2.66. The van der Waals surface area contributed by atoms with Crippen LogP contribution in [0.15, 0.2) is 40.3 Å². The highest BCUT2D eigenvalue weighted by atomic mass is 16.5. The number of carbonyl (C=O) groups is 3. The third-order valence-electron chi connectivity index (χ3n) is 17.2. The fraction of sp³-hybridized carbons (Fsp3) is 0.729. The molecule has 0 aromatic carbocycles. The molecule has 1 N–H and O–H groups in total. The number of allylic oxidation sites excluding steroid dienone is 2. The molecule has 4 saturated carbocycles. The summed E-state index contributed by atoms with van der Waals surface area (Å²) < 4.78 is 15.4. The molecule has 0 unspecified atom stereocenters. The normalized spacial score (nSPS) is 34.0. The van der Waals surface area contributed by atoms with Gasteiger partial charge in [-0.3, -0.25) is 23.9 Å². The van der Waals surface area contributed by atoms with Crippen molar-refractivity contribution in [3.05, 3.63) is 51.6 Å². The number of esters is 1. The van der Waals surface area contributed by atoms with E-state index in [0.717, 1.165) is 69.2 Å². The quantitative estimate of drug-likeness (QED) is 0.223. The Morgan fingerprint density at radius 1 is 0.966 bits per heavy atom. The molecule has 2 aromatic heterocycles. The molecule has 59 heavy (non-hydrogen) atoms. The topological polar surface area (TPSA) is 133 Å². The van der Waals surface area contributed by atoms with Crippen molar-refractivity contribution >= 4 is 17.7 Å². The van der Waals surface area contributed by atoms with E-state index in [1.165, 1.54) is 5.57 Å². The molecule has 0 aliphatic heterocycles. The molecule has 2 aromatic rings. The Morgan fingerprint density at radius 3 is 2.29 bits per heavy atom. The third kappa shape index (κ3) is 6.57. The van der Waals surface area contributed by atoms with Gasteiger partial charge in [0.25, 0.3) is 5.56 Å². The van der Waals surface area contributed by atoms with E-state index in [-0.39, 0.29) is 57.4 Å². The summed E-state index contributed by atoms with van der Waals surface area (Å²) in [6.45, 7) is 21.0. The molecule has 324 valence electrons. The number of rotatable bonds is 11. The fourth-order valence-corrected chi connectivity index (χ4v) is 14.0. The van der Waals surface area contributed by atoms with Gasteiger partial charge in [0.05, 0.1) is 37.4 Å². The summed E-state index contributed by atoms with van der Waals surface area (Å²) in [5.41, 5.74) is 1.01. The molecule has 7 rings (SSSR count). The predicted molar refractivity (Wildman–Crippen MR) is 228 cm³/mol. The lowest BCUT2D eigenvalue weighted by Gasteiger charge is -2.72. The van der Waals surface area contributed by atoms with Gasteiger partial charge in [-0.05, 0) is 143 Å². The molecule has 4 fully saturated rings. The van der Waals surface area contributed by atoms with E-state index in [1.54, 1.807) is 31.8 Å². The maximum Gasteiger partial charge on any atom is 0.309 e. The number of ether oxygens (including phenoxy) is 2. The zero-order valence-corrected chi connectivity index (χ0v) is 37.9. The van der Waals surface area contributed by atoms with E-state index in [4.69, 9.17) is 9.47 Å². The van der Waals surface area contributed by atoms with E-state index in [1.807, 2.05) is 32.3 Å². The van der Waals surface area contributed by atoms with Crippen LogP contribution in [0.5, 0.6) is 5.75 Å². The van der Waals surface area contributed by atoms with Crippen molar-refractivity contribution in [1.82, 2.24) is 19.2 Å². The molecule has 0 spiro atoms. The maximum atomic E-state index is 14.6. The molecule has 11 nitrogen and oxygen atoms in total. The number of methoxy groups -OCH3 is 1. The maximum absolute atomic E-state index is 14.6. The number of hydrogen-bond donors (Lipinski definition) is 1. The monoisotopic (exact) mass is 815 g/mol. The molecular weight excluding hydrogens is 745 g/mol. The largest absolute Gasteiger partial charge is 0.495 e. The highest BCUT2D eigenvalue weighted by molar-refractivity contribution is 6.01. The molecule has 8 atom stereocenters. The number of carboxylic acid groups (broad SMARTS) is 1. The van der Waals surface area contributed by atoms with Gasteiger partial charge in [0.15, 0.2) is 11.6 Å². The SMILES string of the molecule is COc1ccc(-n2c(=O)cc([C@@]34CC[C@]5(C)[C@H](CC[C@@H]6[C@@]7(C)CC[C@H](OC(=O)CC(C)(C)C(=O)O)C(C)(C)[C@@H]7CC[C@]65C)C3=C(C(C)C)C(=O)C4)n2CCN(C)C)nc1.